The summed E-state index contributed by atoms with van der Waals surface area (Å²) in [6, 6.07) is 26.0. The van der Waals surface area contributed by atoms with Crippen LogP contribution in [0.25, 0.3) is 0 Å². The van der Waals surface area contributed by atoms with E-state index in [1.54, 1.807) is 98.8 Å². The number of fused-ring (bicyclic) bond motifs is 1. The van der Waals surface area contributed by atoms with Crippen LogP contribution in [0.15, 0.2) is 97.1 Å². The van der Waals surface area contributed by atoms with E-state index in [1.165, 1.54) is 12.1 Å². The molecule has 6 heteroatoms. The number of benzene rings is 4. The molecular formula is C32H26F2O4. The Morgan fingerprint density at radius 3 is 1.68 bits per heavy atom. The fraction of sp³-hybridized carbons (Fsp3) is 0.188. The van der Waals surface area contributed by atoms with E-state index in [1.807, 2.05) is 0 Å². The smallest absolute Gasteiger partial charge is 0.338 e. The number of ether oxygens (including phenoxy) is 2. The lowest BCUT2D eigenvalue weighted by molar-refractivity contribution is -0.0540. The van der Waals surface area contributed by atoms with Crippen molar-refractivity contribution in [3.8, 4) is 0 Å². The fourth-order valence-electron chi connectivity index (χ4n) is 5.32. The minimum atomic E-state index is -1.13. The lowest BCUT2D eigenvalue weighted by Crippen LogP contribution is -2.47. The maximum atomic E-state index is 15.5. The predicted octanol–water partition coefficient (Wildman–Crippen LogP) is 6.97. The molecule has 0 N–H and O–H groups in total. The maximum Gasteiger partial charge on any atom is 0.338 e. The van der Waals surface area contributed by atoms with Crippen LogP contribution in [0.4, 0.5) is 8.78 Å². The molecule has 4 atom stereocenters. The third-order valence-corrected chi connectivity index (χ3v) is 7.11. The van der Waals surface area contributed by atoms with E-state index in [0.717, 1.165) is 0 Å². The molecular weight excluding hydrogens is 486 g/mol. The highest BCUT2D eigenvalue weighted by molar-refractivity contribution is 5.90. The Hall–Kier alpha value is -4.32. The second-order valence-electron chi connectivity index (χ2n) is 9.45. The van der Waals surface area contributed by atoms with Gasteiger partial charge in [0.1, 0.15) is 17.7 Å². The van der Waals surface area contributed by atoms with Crippen molar-refractivity contribution in [1.82, 2.24) is 0 Å². The Morgan fingerprint density at radius 2 is 1.13 bits per heavy atom. The zero-order valence-corrected chi connectivity index (χ0v) is 20.9. The summed E-state index contributed by atoms with van der Waals surface area (Å²) < 4.78 is 42.9. The topological polar surface area (TPSA) is 52.6 Å². The first kappa shape index (κ1) is 25.3. The Bertz CT molecular complexity index is 1450. The summed E-state index contributed by atoms with van der Waals surface area (Å²) in [6.45, 7) is 3.47. The quantitative estimate of drug-likeness (QED) is 0.271. The van der Waals surface area contributed by atoms with Crippen LogP contribution < -0.4 is 0 Å². The van der Waals surface area contributed by atoms with Gasteiger partial charge < -0.3 is 9.47 Å². The van der Waals surface area contributed by atoms with Crippen molar-refractivity contribution in [2.45, 2.75) is 37.9 Å². The molecule has 4 aromatic carbocycles. The van der Waals surface area contributed by atoms with Crippen LogP contribution in [0.1, 0.15) is 61.7 Å². The van der Waals surface area contributed by atoms with Crippen LogP contribution in [0.3, 0.4) is 0 Å². The highest BCUT2D eigenvalue weighted by atomic mass is 19.1. The molecule has 0 heterocycles. The average molecular weight is 513 g/mol. The number of aryl methyl sites for hydroxylation is 1. The number of esters is 2. The molecule has 0 radical (unpaired) electrons. The minimum absolute atomic E-state index is 0.262. The van der Waals surface area contributed by atoms with Gasteiger partial charge in [-0.05, 0) is 60.0 Å². The molecule has 5 rings (SSSR count). The maximum absolute atomic E-state index is 15.5. The Labute approximate surface area is 219 Å². The van der Waals surface area contributed by atoms with E-state index in [4.69, 9.17) is 9.47 Å². The van der Waals surface area contributed by atoms with Crippen molar-refractivity contribution in [3.05, 3.63) is 142 Å². The number of carbonyl (C=O) groups excluding carboxylic acids is 2. The molecule has 4 unspecified atom stereocenters. The summed E-state index contributed by atoms with van der Waals surface area (Å²) in [5.41, 5.74) is 2.25. The molecule has 38 heavy (non-hydrogen) atoms. The van der Waals surface area contributed by atoms with Crippen molar-refractivity contribution in [3.63, 3.8) is 0 Å². The van der Waals surface area contributed by atoms with Crippen molar-refractivity contribution in [2.24, 2.45) is 0 Å². The standard InChI is InChI=1S/C32H26F2O4/c1-19-11-9-17-24(33)26(19)28-23-16-10-18-25(34)27(23)20(2)29(37-31(35)21-12-5-3-6-13-21)30(28)38-32(36)22-14-7-4-8-15-22/h3-18,20,28-30H,1-2H3. The van der Waals surface area contributed by atoms with E-state index >= 15 is 8.78 Å². The molecule has 4 nitrogen and oxygen atoms in total. The van der Waals surface area contributed by atoms with Gasteiger partial charge in [0.2, 0.25) is 0 Å². The lowest BCUT2D eigenvalue weighted by atomic mass is 9.70. The van der Waals surface area contributed by atoms with Crippen LogP contribution in [-0.2, 0) is 9.47 Å². The second-order valence-corrected chi connectivity index (χ2v) is 9.45. The van der Waals surface area contributed by atoms with Gasteiger partial charge >= 0.3 is 11.9 Å². The summed E-state index contributed by atoms with van der Waals surface area (Å²) in [6.07, 6.45) is -2.22. The molecule has 4 aromatic rings. The van der Waals surface area contributed by atoms with Crippen LogP contribution in [0.2, 0.25) is 0 Å². The molecule has 0 amide bonds. The lowest BCUT2D eigenvalue weighted by Gasteiger charge is -2.42. The van der Waals surface area contributed by atoms with Crippen molar-refractivity contribution < 1.29 is 27.8 Å². The first-order valence-corrected chi connectivity index (χ1v) is 12.4. The number of hydrogen-bond donors (Lipinski definition) is 0. The van der Waals surface area contributed by atoms with Gasteiger partial charge in [-0.3, -0.25) is 0 Å². The van der Waals surface area contributed by atoms with Crippen LogP contribution in [0.5, 0.6) is 0 Å². The van der Waals surface area contributed by atoms with Gasteiger partial charge in [0.05, 0.1) is 17.0 Å². The van der Waals surface area contributed by atoms with Gasteiger partial charge in [-0.15, -0.1) is 0 Å². The van der Waals surface area contributed by atoms with Gasteiger partial charge in [0.25, 0.3) is 0 Å². The Kier molecular flexibility index (Phi) is 7.05. The van der Waals surface area contributed by atoms with E-state index in [2.05, 4.69) is 0 Å². The fourth-order valence-corrected chi connectivity index (χ4v) is 5.32. The van der Waals surface area contributed by atoms with E-state index < -0.39 is 47.6 Å². The normalized spacial score (nSPS) is 20.3. The molecule has 0 bridgehead atoms. The molecule has 1 aliphatic carbocycles. The highest BCUT2D eigenvalue weighted by Gasteiger charge is 2.48. The highest BCUT2D eigenvalue weighted by Crippen LogP contribution is 2.47. The van der Waals surface area contributed by atoms with Gasteiger partial charge in [0, 0.05) is 11.5 Å². The molecule has 0 fully saturated rings. The molecule has 192 valence electrons. The summed E-state index contributed by atoms with van der Waals surface area (Å²) in [4.78, 5) is 26.5. The van der Waals surface area contributed by atoms with Gasteiger partial charge in [-0.25, -0.2) is 18.4 Å². The Morgan fingerprint density at radius 1 is 0.632 bits per heavy atom. The first-order chi connectivity index (χ1) is 18.4. The molecule has 0 aromatic heterocycles. The van der Waals surface area contributed by atoms with Crippen LogP contribution >= 0.6 is 0 Å². The van der Waals surface area contributed by atoms with Gasteiger partial charge in [0.15, 0.2) is 6.10 Å². The second kappa shape index (κ2) is 10.6. The monoisotopic (exact) mass is 512 g/mol. The third kappa shape index (κ3) is 4.70. The van der Waals surface area contributed by atoms with Crippen molar-refractivity contribution in [1.29, 1.82) is 0 Å². The minimum Gasteiger partial charge on any atom is -0.454 e. The molecule has 1 aliphatic rings. The summed E-state index contributed by atoms with van der Waals surface area (Å²) in [5.74, 6) is -3.92. The number of hydrogen-bond acceptors (Lipinski definition) is 4. The largest absolute Gasteiger partial charge is 0.454 e. The zero-order valence-electron chi connectivity index (χ0n) is 20.9. The van der Waals surface area contributed by atoms with E-state index in [-0.39, 0.29) is 5.56 Å². The van der Waals surface area contributed by atoms with Crippen LogP contribution in [-0.4, -0.2) is 24.1 Å². The summed E-state index contributed by atoms with van der Waals surface area (Å²) >= 11 is 0. The molecule has 0 aliphatic heterocycles. The average Bonchev–Trinajstić information content (AvgIpc) is 2.93. The van der Waals surface area contributed by atoms with E-state index in [0.29, 0.717) is 27.8 Å². The molecule has 0 saturated heterocycles. The first-order valence-electron chi connectivity index (χ1n) is 12.4. The number of carbonyl (C=O) groups is 2. The Balaban J connectivity index is 1.68. The summed E-state index contributed by atoms with van der Waals surface area (Å²) in [5, 5.41) is 0. The molecule has 0 saturated carbocycles. The SMILES string of the molecule is Cc1cccc(F)c1C1c2cccc(F)c2C(C)C(OC(=O)c2ccccc2)C1OC(=O)c1ccccc1. The zero-order chi connectivity index (χ0) is 26.8. The number of rotatable bonds is 5. The predicted molar refractivity (Wildman–Crippen MR) is 139 cm³/mol. The number of halogens is 2. The van der Waals surface area contributed by atoms with Gasteiger partial charge in [-0.1, -0.05) is 67.6 Å². The van der Waals surface area contributed by atoms with E-state index in [9.17, 15) is 9.59 Å². The van der Waals surface area contributed by atoms with Crippen LogP contribution in [0, 0.1) is 18.6 Å². The third-order valence-electron chi connectivity index (χ3n) is 7.11. The summed E-state index contributed by atoms with van der Waals surface area (Å²) in [7, 11) is 0. The van der Waals surface area contributed by atoms with Crippen molar-refractivity contribution >= 4 is 11.9 Å². The van der Waals surface area contributed by atoms with Gasteiger partial charge in [-0.2, -0.15) is 0 Å². The van der Waals surface area contributed by atoms with Crippen molar-refractivity contribution in [2.75, 3.05) is 0 Å². The molecule has 0 spiro atoms.